The lowest BCUT2D eigenvalue weighted by Gasteiger charge is -2.32. The molecule has 2 fully saturated rings. The van der Waals surface area contributed by atoms with Gasteiger partial charge in [-0.1, -0.05) is 6.42 Å². The molecular weight excluding hydrogens is 195 g/mol. The van der Waals surface area contributed by atoms with Crippen molar-refractivity contribution in [3.63, 3.8) is 0 Å². The van der Waals surface area contributed by atoms with Crippen molar-refractivity contribution in [3.8, 4) is 0 Å². The van der Waals surface area contributed by atoms with E-state index in [9.17, 15) is 0 Å². The fourth-order valence-corrected chi connectivity index (χ4v) is 3.56. The molecule has 0 bridgehead atoms. The average Bonchev–Trinajstić information content (AvgIpc) is 2.51. The highest BCUT2D eigenvalue weighted by molar-refractivity contribution is 8.07. The van der Waals surface area contributed by atoms with Crippen molar-refractivity contribution >= 4 is 18.5 Å². The Labute approximate surface area is 77.6 Å². The van der Waals surface area contributed by atoms with Gasteiger partial charge < -0.3 is 13.6 Å². The second-order valence-electron chi connectivity index (χ2n) is 3.26. The molecule has 12 heavy (non-hydrogen) atoms. The molecular formula is C7H13O3PS. The van der Waals surface area contributed by atoms with Gasteiger partial charge in [-0.3, -0.25) is 0 Å². The van der Waals surface area contributed by atoms with Gasteiger partial charge in [-0.2, -0.15) is 0 Å². The van der Waals surface area contributed by atoms with E-state index in [2.05, 4.69) is 0 Å². The first-order chi connectivity index (χ1) is 5.73. The highest BCUT2D eigenvalue weighted by Crippen LogP contribution is 2.56. The summed E-state index contributed by atoms with van der Waals surface area (Å²) in [5, 5.41) is 0. The molecule has 0 amide bonds. The van der Waals surface area contributed by atoms with Crippen molar-refractivity contribution in [1.29, 1.82) is 0 Å². The lowest BCUT2D eigenvalue weighted by molar-refractivity contribution is 0.0344. The van der Waals surface area contributed by atoms with Gasteiger partial charge in [0, 0.05) is 13.0 Å². The minimum atomic E-state index is -2.33. The predicted molar refractivity (Wildman–Crippen MR) is 49.5 cm³/mol. The molecule has 3 atom stereocenters. The van der Waals surface area contributed by atoms with Gasteiger partial charge >= 0.3 is 6.72 Å². The summed E-state index contributed by atoms with van der Waals surface area (Å²) >= 11 is 5.12. The summed E-state index contributed by atoms with van der Waals surface area (Å²) in [5.74, 6) is 0.566. The summed E-state index contributed by atoms with van der Waals surface area (Å²) in [6.07, 6.45) is 3.88. The summed E-state index contributed by atoms with van der Waals surface area (Å²) in [7, 11) is 1.57. The molecule has 0 N–H and O–H groups in total. The van der Waals surface area contributed by atoms with E-state index in [-0.39, 0.29) is 0 Å². The highest BCUT2D eigenvalue weighted by atomic mass is 32.5. The predicted octanol–water partition coefficient (Wildman–Crippen LogP) is 2.07. The van der Waals surface area contributed by atoms with Crippen LogP contribution in [0.1, 0.15) is 19.3 Å². The maximum atomic E-state index is 5.63. The van der Waals surface area contributed by atoms with E-state index in [1.807, 2.05) is 0 Å². The standard InChI is InChI=1S/C7H13O3PS/c1-8-11(12)9-5-6-3-2-4-7(6)10-11/h6-7H,2-5H2,1H3/t6-,7+,11+/m1/s1. The molecule has 1 saturated heterocycles. The van der Waals surface area contributed by atoms with Crippen LogP contribution >= 0.6 is 6.72 Å². The van der Waals surface area contributed by atoms with E-state index in [0.29, 0.717) is 12.0 Å². The lowest BCUT2D eigenvalue weighted by atomic mass is 10.1. The van der Waals surface area contributed by atoms with Crippen LogP contribution in [0.5, 0.6) is 0 Å². The van der Waals surface area contributed by atoms with Crippen LogP contribution in [0, 0.1) is 5.92 Å². The highest BCUT2D eigenvalue weighted by Gasteiger charge is 2.39. The first kappa shape index (κ1) is 9.10. The van der Waals surface area contributed by atoms with Crippen LogP contribution in [0.3, 0.4) is 0 Å². The van der Waals surface area contributed by atoms with Gasteiger partial charge in [-0.15, -0.1) is 0 Å². The molecule has 0 aromatic heterocycles. The SMILES string of the molecule is CO[P@]1(=S)OC[C@H]2CCC[C@@H]2O1. The minimum absolute atomic E-state index is 0.310. The number of fused-ring (bicyclic) bond motifs is 1. The molecule has 2 aliphatic rings. The maximum Gasteiger partial charge on any atom is 0.327 e. The zero-order chi connectivity index (χ0) is 8.60. The fraction of sp³-hybridized carbons (Fsp3) is 1.00. The summed E-state index contributed by atoms with van der Waals surface area (Å²) < 4.78 is 16.1. The van der Waals surface area contributed by atoms with Crippen molar-refractivity contribution in [2.45, 2.75) is 25.4 Å². The molecule has 0 aromatic carbocycles. The first-order valence-corrected chi connectivity index (χ1v) is 6.78. The molecule has 1 heterocycles. The smallest absolute Gasteiger partial charge is 0.312 e. The largest absolute Gasteiger partial charge is 0.327 e. The first-order valence-electron chi connectivity index (χ1n) is 4.22. The number of rotatable bonds is 1. The number of hydrogen-bond acceptors (Lipinski definition) is 4. The molecule has 0 spiro atoms. The van der Waals surface area contributed by atoms with Crippen molar-refractivity contribution in [2.75, 3.05) is 13.7 Å². The van der Waals surface area contributed by atoms with E-state index < -0.39 is 6.72 Å². The van der Waals surface area contributed by atoms with Crippen LogP contribution in [0.2, 0.25) is 0 Å². The van der Waals surface area contributed by atoms with E-state index >= 15 is 0 Å². The van der Waals surface area contributed by atoms with Gasteiger partial charge in [0.05, 0.1) is 12.7 Å². The summed E-state index contributed by atoms with van der Waals surface area (Å²) in [4.78, 5) is 0. The van der Waals surface area contributed by atoms with Crippen LogP contribution in [0.15, 0.2) is 0 Å². The van der Waals surface area contributed by atoms with E-state index in [4.69, 9.17) is 25.4 Å². The Kier molecular flexibility index (Phi) is 2.54. The fourth-order valence-electron chi connectivity index (χ4n) is 1.81. The minimum Gasteiger partial charge on any atom is -0.312 e. The van der Waals surface area contributed by atoms with Crippen molar-refractivity contribution < 1.29 is 13.6 Å². The molecule has 1 aliphatic heterocycles. The molecule has 0 radical (unpaired) electrons. The molecule has 1 aliphatic carbocycles. The van der Waals surface area contributed by atoms with Crippen LogP contribution in [0.4, 0.5) is 0 Å². The Morgan fingerprint density at radius 1 is 1.50 bits per heavy atom. The van der Waals surface area contributed by atoms with Crippen LogP contribution in [0.25, 0.3) is 0 Å². The molecule has 3 nitrogen and oxygen atoms in total. The summed E-state index contributed by atoms with van der Waals surface area (Å²) in [6.45, 7) is -1.60. The lowest BCUT2D eigenvalue weighted by Crippen LogP contribution is -2.27. The normalized spacial score (nSPS) is 47.4. The Hall–Kier alpha value is 0.530. The third kappa shape index (κ3) is 1.59. The Balaban J connectivity index is 2.05. The molecule has 70 valence electrons. The third-order valence-corrected chi connectivity index (χ3v) is 4.99. The molecule has 0 aromatic rings. The summed E-state index contributed by atoms with van der Waals surface area (Å²) in [5.41, 5.74) is 0. The van der Waals surface area contributed by atoms with E-state index in [1.165, 1.54) is 12.8 Å². The van der Waals surface area contributed by atoms with Gasteiger partial charge in [0.2, 0.25) is 0 Å². The molecule has 0 unspecified atom stereocenters. The molecule has 2 rings (SSSR count). The maximum absolute atomic E-state index is 5.63. The van der Waals surface area contributed by atoms with Crippen LogP contribution in [-0.2, 0) is 25.4 Å². The van der Waals surface area contributed by atoms with Crippen LogP contribution in [-0.4, -0.2) is 19.8 Å². The topological polar surface area (TPSA) is 27.7 Å². The van der Waals surface area contributed by atoms with E-state index in [0.717, 1.165) is 13.0 Å². The second kappa shape index (κ2) is 3.35. The summed E-state index contributed by atoms with van der Waals surface area (Å²) in [6, 6.07) is 0. The number of hydrogen-bond donors (Lipinski definition) is 0. The second-order valence-corrected chi connectivity index (χ2v) is 6.33. The third-order valence-electron chi connectivity index (χ3n) is 2.52. The van der Waals surface area contributed by atoms with Crippen molar-refractivity contribution in [1.82, 2.24) is 0 Å². The Bertz CT molecular complexity index is 221. The van der Waals surface area contributed by atoms with Crippen molar-refractivity contribution in [3.05, 3.63) is 0 Å². The van der Waals surface area contributed by atoms with Crippen LogP contribution < -0.4 is 0 Å². The molecule has 5 heteroatoms. The molecule has 1 saturated carbocycles. The zero-order valence-corrected chi connectivity index (χ0v) is 8.77. The Morgan fingerprint density at radius 2 is 2.33 bits per heavy atom. The zero-order valence-electron chi connectivity index (χ0n) is 7.06. The monoisotopic (exact) mass is 208 g/mol. The van der Waals surface area contributed by atoms with Gasteiger partial charge in [0.15, 0.2) is 0 Å². The van der Waals surface area contributed by atoms with Gasteiger partial charge in [-0.25, -0.2) is 0 Å². The van der Waals surface area contributed by atoms with Gasteiger partial charge in [-0.05, 0) is 24.6 Å². The van der Waals surface area contributed by atoms with Gasteiger partial charge in [0.25, 0.3) is 0 Å². The average molecular weight is 208 g/mol. The quantitative estimate of drug-likeness (QED) is 0.616. The van der Waals surface area contributed by atoms with Gasteiger partial charge in [0.1, 0.15) is 0 Å². The Morgan fingerprint density at radius 3 is 3.08 bits per heavy atom. The van der Waals surface area contributed by atoms with Crippen molar-refractivity contribution in [2.24, 2.45) is 5.92 Å². The van der Waals surface area contributed by atoms with E-state index in [1.54, 1.807) is 7.11 Å².